The fourth-order valence-corrected chi connectivity index (χ4v) is 3.42. The highest BCUT2D eigenvalue weighted by atomic mass is 16.3. The first-order valence-corrected chi connectivity index (χ1v) is 8.18. The quantitative estimate of drug-likeness (QED) is 0.906. The lowest BCUT2D eigenvalue weighted by atomic mass is 10.0. The van der Waals surface area contributed by atoms with Crippen molar-refractivity contribution in [2.75, 3.05) is 0 Å². The van der Waals surface area contributed by atoms with Crippen molar-refractivity contribution in [1.29, 1.82) is 0 Å². The van der Waals surface area contributed by atoms with Gasteiger partial charge in [0.15, 0.2) is 5.78 Å². The van der Waals surface area contributed by atoms with Crippen molar-refractivity contribution >= 4 is 17.5 Å². The lowest BCUT2D eigenvalue weighted by Gasteiger charge is -2.26. The fraction of sp³-hybridized carbons (Fsp3) is 0.500. The Morgan fingerprint density at radius 2 is 1.87 bits per heavy atom. The van der Waals surface area contributed by atoms with Crippen LogP contribution >= 0.6 is 0 Å². The van der Waals surface area contributed by atoms with Gasteiger partial charge in [-0.2, -0.15) is 0 Å². The van der Waals surface area contributed by atoms with Crippen LogP contribution in [0.15, 0.2) is 18.2 Å². The van der Waals surface area contributed by atoms with E-state index in [9.17, 15) is 19.5 Å². The molecule has 1 fully saturated rings. The number of aliphatic hydroxyl groups excluding tert-OH is 1. The molecule has 0 aromatic heterocycles. The summed E-state index contributed by atoms with van der Waals surface area (Å²) in [5.74, 6) is 0.0695. The van der Waals surface area contributed by atoms with Crippen LogP contribution in [0.25, 0.3) is 0 Å². The molecule has 1 saturated carbocycles. The van der Waals surface area contributed by atoms with E-state index in [2.05, 4.69) is 0 Å². The van der Waals surface area contributed by atoms with Crippen molar-refractivity contribution in [2.45, 2.75) is 57.7 Å². The number of nitrogens with zero attached hydrogens (tertiary/aromatic N) is 1. The van der Waals surface area contributed by atoms with E-state index in [1.807, 2.05) is 6.07 Å². The second-order valence-electron chi connectivity index (χ2n) is 6.35. The van der Waals surface area contributed by atoms with Crippen LogP contribution in [0.1, 0.15) is 60.0 Å². The predicted octanol–water partition coefficient (Wildman–Crippen LogP) is 2.00. The molecule has 23 heavy (non-hydrogen) atoms. The number of benzene rings is 1. The Balaban J connectivity index is 1.84. The van der Waals surface area contributed by atoms with Gasteiger partial charge in [0.2, 0.25) is 0 Å². The van der Waals surface area contributed by atoms with Crippen molar-refractivity contribution < 1.29 is 19.5 Å². The lowest BCUT2D eigenvalue weighted by molar-refractivity contribution is -0.124. The number of carbonyl (C=O) groups is 3. The number of hydrogen-bond donors (Lipinski definition) is 1. The summed E-state index contributed by atoms with van der Waals surface area (Å²) < 4.78 is 0. The molecular formula is C18H21NO4. The molecule has 0 saturated heterocycles. The first-order valence-electron chi connectivity index (χ1n) is 8.18. The molecule has 2 aliphatic rings. The highest BCUT2D eigenvalue weighted by Crippen LogP contribution is 2.29. The van der Waals surface area contributed by atoms with Gasteiger partial charge in [0.25, 0.3) is 5.91 Å². The number of rotatable bonds is 2. The third-order valence-electron chi connectivity index (χ3n) is 4.76. The number of hydrogen-bond acceptors (Lipinski definition) is 4. The van der Waals surface area contributed by atoms with Gasteiger partial charge in [-0.3, -0.25) is 14.4 Å². The van der Waals surface area contributed by atoms with Crippen LogP contribution < -0.4 is 0 Å². The maximum absolute atomic E-state index is 12.7. The Morgan fingerprint density at radius 3 is 2.65 bits per heavy atom. The summed E-state index contributed by atoms with van der Waals surface area (Å²) in [5, 5.41) is 9.22. The van der Waals surface area contributed by atoms with Crippen LogP contribution in [0.5, 0.6) is 0 Å². The minimum Gasteiger partial charge on any atom is -0.392 e. The fourth-order valence-electron chi connectivity index (χ4n) is 3.42. The van der Waals surface area contributed by atoms with Crippen molar-refractivity contribution in [3.63, 3.8) is 0 Å². The zero-order chi connectivity index (χ0) is 16.4. The van der Waals surface area contributed by atoms with Crippen molar-refractivity contribution in [3.8, 4) is 0 Å². The van der Waals surface area contributed by atoms with Crippen molar-refractivity contribution in [2.24, 2.45) is 0 Å². The van der Waals surface area contributed by atoms with Gasteiger partial charge >= 0.3 is 0 Å². The average Bonchev–Trinajstić information content (AvgIpc) is 2.90. The van der Waals surface area contributed by atoms with E-state index in [0.717, 1.165) is 12.0 Å². The van der Waals surface area contributed by atoms with Gasteiger partial charge in [0.05, 0.1) is 12.6 Å². The minimum atomic E-state index is -0.505. The van der Waals surface area contributed by atoms with Crippen LogP contribution in [-0.2, 0) is 22.7 Å². The van der Waals surface area contributed by atoms with Gasteiger partial charge in [-0.15, -0.1) is 0 Å². The third-order valence-corrected chi connectivity index (χ3v) is 4.76. The van der Waals surface area contributed by atoms with E-state index in [1.54, 1.807) is 17.0 Å². The van der Waals surface area contributed by atoms with E-state index in [1.165, 1.54) is 0 Å². The summed E-state index contributed by atoms with van der Waals surface area (Å²) in [7, 11) is 0. The Kier molecular flexibility index (Phi) is 4.57. The smallest absolute Gasteiger partial charge is 0.255 e. The van der Waals surface area contributed by atoms with E-state index < -0.39 is 6.04 Å². The molecule has 1 aliphatic heterocycles. The van der Waals surface area contributed by atoms with E-state index in [0.29, 0.717) is 49.8 Å². The summed E-state index contributed by atoms with van der Waals surface area (Å²) in [5.41, 5.74) is 2.14. The molecule has 0 spiro atoms. The summed E-state index contributed by atoms with van der Waals surface area (Å²) in [6.07, 6.45) is 3.21. The highest BCUT2D eigenvalue weighted by Gasteiger charge is 2.36. The van der Waals surface area contributed by atoms with Crippen LogP contribution in [0, 0.1) is 0 Å². The molecule has 1 aromatic carbocycles. The molecule has 1 amide bonds. The Morgan fingerprint density at radius 1 is 1.09 bits per heavy atom. The molecule has 5 heteroatoms. The van der Waals surface area contributed by atoms with Gasteiger partial charge in [0.1, 0.15) is 5.78 Å². The van der Waals surface area contributed by atoms with Gasteiger partial charge in [0, 0.05) is 31.4 Å². The Hall–Kier alpha value is -2.01. The monoisotopic (exact) mass is 315 g/mol. The number of carbonyl (C=O) groups excluding carboxylic acids is 3. The number of amides is 1. The van der Waals surface area contributed by atoms with Gasteiger partial charge in [-0.1, -0.05) is 12.1 Å². The van der Waals surface area contributed by atoms with Crippen molar-refractivity contribution in [3.05, 3.63) is 34.9 Å². The first-order chi connectivity index (χ1) is 11.1. The van der Waals surface area contributed by atoms with Crippen LogP contribution in [0.4, 0.5) is 0 Å². The first kappa shape index (κ1) is 15.9. The minimum absolute atomic E-state index is 0.0586. The molecule has 1 N–H and O–H groups in total. The van der Waals surface area contributed by atoms with E-state index in [-0.39, 0.29) is 24.1 Å². The molecule has 3 rings (SSSR count). The lowest BCUT2D eigenvalue weighted by Crippen LogP contribution is -2.41. The number of ketones is 2. The largest absolute Gasteiger partial charge is 0.392 e. The third kappa shape index (κ3) is 3.20. The SMILES string of the molecule is O=C1CCCCC(=O)C(N2Cc3ccc(CO)cc3C2=O)CC1. The Bertz CT molecular complexity index is 652. The molecular weight excluding hydrogens is 294 g/mol. The van der Waals surface area contributed by atoms with Gasteiger partial charge in [-0.05, 0) is 36.5 Å². The summed E-state index contributed by atoms with van der Waals surface area (Å²) >= 11 is 0. The van der Waals surface area contributed by atoms with Crippen molar-refractivity contribution in [1.82, 2.24) is 4.90 Å². The maximum Gasteiger partial charge on any atom is 0.255 e. The van der Waals surface area contributed by atoms with E-state index in [4.69, 9.17) is 0 Å². The standard InChI is InChI=1S/C18H21NO4/c20-11-12-5-6-13-10-19(18(23)15(13)9-12)16-8-7-14(21)3-1-2-4-17(16)22/h5-6,9,16,20H,1-4,7-8,10-11H2. The molecule has 1 atom stereocenters. The number of aliphatic hydroxyl groups is 1. The molecule has 122 valence electrons. The second kappa shape index (κ2) is 6.62. The normalized spacial score (nSPS) is 22.6. The van der Waals surface area contributed by atoms with Crippen LogP contribution in [0.3, 0.4) is 0 Å². The van der Waals surface area contributed by atoms with Gasteiger partial charge < -0.3 is 10.0 Å². The molecule has 1 heterocycles. The van der Waals surface area contributed by atoms with E-state index >= 15 is 0 Å². The number of Topliss-reactive ketones (excluding diaryl/α,β-unsaturated/α-hetero) is 2. The molecule has 1 unspecified atom stereocenters. The second-order valence-corrected chi connectivity index (χ2v) is 6.35. The zero-order valence-corrected chi connectivity index (χ0v) is 13.1. The molecule has 0 radical (unpaired) electrons. The average molecular weight is 315 g/mol. The van der Waals surface area contributed by atoms with Crippen LogP contribution in [0.2, 0.25) is 0 Å². The summed E-state index contributed by atoms with van der Waals surface area (Å²) in [6.45, 7) is 0.294. The number of fused-ring (bicyclic) bond motifs is 1. The molecule has 0 bridgehead atoms. The summed E-state index contributed by atoms with van der Waals surface area (Å²) in [6, 6.07) is 4.82. The molecule has 5 nitrogen and oxygen atoms in total. The maximum atomic E-state index is 12.7. The summed E-state index contributed by atoms with van der Waals surface area (Å²) in [4.78, 5) is 38.6. The topological polar surface area (TPSA) is 74.7 Å². The van der Waals surface area contributed by atoms with Crippen LogP contribution in [-0.4, -0.2) is 33.5 Å². The predicted molar refractivity (Wildman–Crippen MR) is 83.7 cm³/mol. The zero-order valence-electron chi connectivity index (χ0n) is 13.1. The highest BCUT2D eigenvalue weighted by molar-refractivity contribution is 6.01. The molecule has 1 aliphatic carbocycles. The van der Waals surface area contributed by atoms with Gasteiger partial charge in [-0.25, -0.2) is 0 Å². The Labute approximate surface area is 135 Å². The molecule has 1 aromatic rings.